The van der Waals surface area contributed by atoms with E-state index in [1.54, 1.807) is 18.5 Å². The number of hydrogen-bond donors (Lipinski definition) is 3. The molecule has 21 heavy (non-hydrogen) atoms. The van der Waals surface area contributed by atoms with Gasteiger partial charge in [-0.25, -0.2) is 9.59 Å². The summed E-state index contributed by atoms with van der Waals surface area (Å²) < 4.78 is 1.81. The molecule has 0 saturated heterocycles. The average molecular weight is 289 g/mol. The van der Waals surface area contributed by atoms with Crippen LogP contribution in [0.15, 0.2) is 30.6 Å². The first-order valence-corrected chi connectivity index (χ1v) is 6.35. The van der Waals surface area contributed by atoms with E-state index in [9.17, 15) is 9.59 Å². The van der Waals surface area contributed by atoms with Crippen molar-refractivity contribution in [2.45, 2.75) is 20.0 Å². The van der Waals surface area contributed by atoms with Crippen LogP contribution in [0.2, 0.25) is 0 Å². The third-order valence-electron chi connectivity index (χ3n) is 2.81. The molecular weight excluding hydrogens is 274 g/mol. The van der Waals surface area contributed by atoms with Crippen LogP contribution in [0.25, 0.3) is 0 Å². The van der Waals surface area contributed by atoms with E-state index in [0.717, 1.165) is 0 Å². The first-order valence-electron chi connectivity index (χ1n) is 6.35. The second kappa shape index (κ2) is 6.51. The predicted octanol–water partition coefficient (Wildman–Crippen LogP) is 1.32. The van der Waals surface area contributed by atoms with Crippen LogP contribution in [-0.2, 0) is 13.1 Å². The molecule has 3 N–H and O–H groups in total. The molecule has 0 saturated carbocycles. The van der Waals surface area contributed by atoms with Gasteiger partial charge in [-0.05, 0) is 25.1 Å². The fourth-order valence-corrected chi connectivity index (χ4v) is 1.74. The number of aromatic carboxylic acids is 1. The number of nitrogens with one attached hydrogen (secondary N) is 2. The number of carbonyl (C=O) groups excluding carboxylic acids is 1. The standard InChI is InChI=1S/C13H15N5O3/c1-2-18-8-15-17-11(18)7-14-13(21)16-10-5-3-4-9(6-10)12(19)20/h3-6,8H,2,7H2,1H3,(H,19,20)(H2,14,16,21). The van der Waals surface area contributed by atoms with Gasteiger partial charge < -0.3 is 20.3 Å². The Balaban J connectivity index is 1.93. The highest BCUT2D eigenvalue weighted by atomic mass is 16.4. The quantitative estimate of drug-likeness (QED) is 0.769. The Hall–Kier alpha value is -2.90. The van der Waals surface area contributed by atoms with E-state index in [1.807, 2.05) is 11.5 Å². The molecule has 8 heteroatoms. The molecule has 0 aliphatic rings. The van der Waals surface area contributed by atoms with E-state index in [0.29, 0.717) is 18.1 Å². The molecule has 0 bridgehead atoms. The Labute approximate surface area is 120 Å². The van der Waals surface area contributed by atoms with Crippen molar-refractivity contribution in [3.8, 4) is 0 Å². The fourth-order valence-electron chi connectivity index (χ4n) is 1.74. The van der Waals surface area contributed by atoms with Gasteiger partial charge in [0.25, 0.3) is 0 Å². The number of rotatable bonds is 5. The first kappa shape index (κ1) is 14.5. The topological polar surface area (TPSA) is 109 Å². The first-order chi connectivity index (χ1) is 10.1. The van der Waals surface area contributed by atoms with Crippen LogP contribution in [0.3, 0.4) is 0 Å². The van der Waals surface area contributed by atoms with E-state index >= 15 is 0 Å². The fraction of sp³-hybridized carbons (Fsp3) is 0.231. The zero-order valence-corrected chi connectivity index (χ0v) is 11.4. The number of anilines is 1. The summed E-state index contributed by atoms with van der Waals surface area (Å²) in [7, 11) is 0. The lowest BCUT2D eigenvalue weighted by molar-refractivity contribution is 0.0697. The van der Waals surface area contributed by atoms with Crippen LogP contribution in [-0.4, -0.2) is 31.9 Å². The number of nitrogens with zero attached hydrogens (tertiary/aromatic N) is 3. The molecule has 8 nitrogen and oxygen atoms in total. The van der Waals surface area contributed by atoms with Crippen LogP contribution >= 0.6 is 0 Å². The van der Waals surface area contributed by atoms with Gasteiger partial charge in [-0.3, -0.25) is 0 Å². The zero-order valence-electron chi connectivity index (χ0n) is 11.4. The second-order valence-corrected chi connectivity index (χ2v) is 4.23. The normalized spacial score (nSPS) is 10.1. The minimum Gasteiger partial charge on any atom is -0.478 e. The predicted molar refractivity (Wildman–Crippen MR) is 75.0 cm³/mol. The molecule has 2 aromatic rings. The zero-order chi connectivity index (χ0) is 15.2. The van der Waals surface area contributed by atoms with Crippen molar-refractivity contribution in [2.24, 2.45) is 0 Å². The number of hydrogen-bond acceptors (Lipinski definition) is 4. The van der Waals surface area contributed by atoms with E-state index in [2.05, 4.69) is 20.8 Å². The van der Waals surface area contributed by atoms with Crippen molar-refractivity contribution in [3.05, 3.63) is 42.0 Å². The van der Waals surface area contributed by atoms with Crippen molar-refractivity contribution in [3.63, 3.8) is 0 Å². The molecule has 0 aliphatic heterocycles. The van der Waals surface area contributed by atoms with Crippen LogP contribution in [0.4, 0.5) is 10.5 Å². The van der Waals surface area contributed by atoms with Gasteiger partial charge in [0.1, 0.15) is 6.33 Å². The molecule has 0 aliphatic carbocycles. The summed E-state index contributed by atoms with van der Waals surface area (Å²) in [6.45, 7) is 2.90. The maximum absolute atomic E-state index is 11.8. The molecule has 1 aromatic carbocycles. The number of urea groups is 1. The molecule has 1 heterocycles. The summed E-state index contributed by atoms with van der Waals surface area (Å²) in [5.41, 5.74) is 0.517. The molecular formula is C13H15N5O3. The van der Waals surface area contributed by atoms with Gasteiger partial charge in [-0.2, -0.15) is 0 Å². The van der Waals surface area contributed by atoms with Crippen molar-refractivity contribution < 1.29 is 14.7 Å². The van der Waals surface area contributed by atoms with E-state index in [-0.39, 0.29) is 12.1 Å². The van der Waals surface area contributed by atoms with Gasteiger partial charge >= 0.3 is 12.0 Å². The van der Waals surface area contributed by atoms with Gasteiger partial charge in [0, 0.05) is 12.2 Å². The third-order valence-corrected chi connectivity index (χ3v) is 2.81. The van der Waals surface area contributed by atoms with Crippen LogP contribution in [0, 0.1) is 0 Å². The Kier molecular flexibility index (Phi) is 4.50. The van der Waals surface area contributed by atoms with Crippen molar-refractivity contribution >= 4 is 17.7 Å². The largest absolute Gasteiger partial charge is 0.478 e. The Morgan fingerprint density at radius 3 is 2.90 bits per heavy atom. The minimum atomic E-state index is -1.05. The maximum Gasteiger partial charge on any atom is 0.335 e. The summed E-state index contributed by atoms with van der Waals surface area (Å²) >= 11 is 0. The number of aromatic nitrogens is 3. The Bertz CT molecular complexity index is 653. The lowest BCUT2D eigenvalue weighted by Crippen LogP contribution is -2.29. The van der Waals surface area contributed by atoms with Crippen LogP contribution in [0.1, 0.15) is 23.1 Å². The molecule has 0 spiro atoms. The summed E-state index contributed by atoms with van der Waals surface area (Å²) in [6.07, 6.45) is 1.59. The molecule has 0 unspecified atom stereocenters. The van der Waals surface area contributed by atoms with Gasteiger partial charge in [-0.1, -0.05) is 6.07 Å². The Morgan fingerprint density at radius 1 is 1.38 bits per heavy atom. The molecule has 1 aromatic heterocycles. The number of carbonyl (C=O) groups is 2. The molecule has 0 fully saturated rings. The SMILES string of the molecule is CCn1cnnc1CNC(=O)Nc1cccc(C(=O)O)c1. The summed E-state index contributed by atoms with van der Waals surface area (Å²) in [5.74, 6) is -0.401. The lowest BCUT2D eigenvalue weighted by Gasteiger charge is -2.08. The van der Waals surface area contributed by atoms with Crippen LogP contribution < -0.4 is 10.6 Å². The van der Waals surface area contributed by atoms with Gasteiger partial charge in [-0.15, -0.1) is 10.2 Å². The number of benzene rings is 1. The van der Waals surface area contributed by atoms with E-state index in [4.69, 9.17) is 5.11 Å². The Morgan fingerprint density at radius 2 is 2.19 bits per heavy atom. The smallest absolute Gasteiger partial charge is 0.335 e. The van der Waals surface area contributed by atoms with Crippen molar-refractivity contribution in [2.75, 3.05) is 5.32 Å². The second-order valence-electron chi connectivity index (χ2n) is 4.23. The van der Waals surface area contributed by atoms with Crippen molar-refractivity contribution in [1.29, 1.82) is 0 Å². The van der Waals surface area contributed by atoms with E-state index in [1.165, 1.54) is 12.1 Å². The monoisotopic (exact) mass is 289 g/mol. The molecule has 0 atom stereocenters. The number of amides is 2. The molecule has 0 radical (unpaired) electrons. The number of carboxylic acids is 1. The third kappa shape index (κ3) is 3.78. The number of aryl methyl sites for hydroxylation is 1. The summed E-state index contributed by atoms with van der Waals surface area (Å²) in [6, 6.07) is 5.57. The van der Waals surface area contributed by atoms with Crippen LogP contribution in [0.5, 0.6) is 0 Å². The molecule has 2 rings (SSSR count). The molecule has 110 valence electrons. The number of carboxylic acid groups (broad SMARTS) is 1. The van der Waals surface area contributed by atoms with Crippen molar-refractivity contribution in [1.82, 2.24) is 20.1 Å². The molecule has 2 amide bonds. The highest BCUT2D eigenvalue weighted by Crippen LogP contribution is 2.10. The van der Waals surface area contributed by atoms with E-state index < -0.39 is 12.0 Å². The van der Waals surface area contributed by atoms with Gasteiger partial charge in [0.05, 0.1) is 12.1 Å². The maximum atomic E-state index is 11.8. The highest BCUT2D eigenvalue weighted by Gasteiger charge is 2.08. The average Bonchev–Trinajstić information content (AvgIpc) is 2.93. The van der Waals surface area contributed by atoms with Gasteiger partial charge in [0.2, 0.25) is 0 Å². The lowest BCUT2D eigenvalue weighted by atomic mass is 10.2. The summed E-state index contributed by atoms with van der Waals surface area (Å²) in [5, 5.41) is 21.7. The highest BCUT2D eigenvalue weighted by molar-refractivity contribution is 5.93. The minimum absolute atomic E-state index is 0.110. The van der Waals surface area contributed by atoms with Gasteiger partial charge in [0.15, 0.2) is 5.82 Å². The summed E-state index contributed by atoms with van der Waals surface area (Å²) in [4.78, 5) is 22.6.